The van der Waals surface area contributed by atoms with Gasteiger partial charge in [-0.1, -0.05) is 11.2 Å². The molecule has 3 nitrogen and oxygen atoms in total. The Labute approximate surface area is 63.6 Å². The molecule has 0 aliphatic carbocycles. The summed E-state index contributed by atoms with van der Waals surface area (Å²) in [4.78, 5) is 12.2. The van der Waals surface area contributed by atoms with E-state index in [1.807, 2.05) is 0 Å². The highest BCUT2D eigenvalue weighted by Crippen LogP contribution is 2.02. The second kappa shape index (κ2) is 3.25. The molecule has 1 rings (SSSR count). The molecule has 0 saturated carbocycles. The fourth-order valence-electron chi connectivity index (χ4n) is 0.887. The van der Waals surface area contributed by atoms with Crippen LogP contribution in [0.5, 0.6) is 0 Å². The van der Waals surface area contributed by atoms with Crippen LogP contribution in [-0.2, 0) is 16.0 Å². The second-order valence-corrected chi connectivity index (χ2v) is 3.93. The van der Waals surface area contributed by atoms with Crippen molar-refractivity contribution in [3.63, 3.8) is 0 Å². The lowest BCUT2D eigenvalue weighted by Crippen LogP contribution is -2.42. The molecule has 0 aromatic heterocycles. The summed E-state index contributed by atoms with van der Waals surface area (Å²) in [7, 11) is 0. The van der Waals surface area contributed by atoms with Crippen LogP contribution in [0.15, 0.2) is 0 Å². The summed E-state index contributed by atoms with van der Waals surface area (Å²) >= 11 is -0.699. The third kappa shape index (κ3) is 1.88. The molecule has 1 heterocycles. The molecule has 0 spiro atoms. The predicted molar refractivity (Wildman–Crippen MR) is 39.8 cm³/mol. The first kappa shape index (κ1) is 7.88. The van der Waals surface area contributed by atoms with Crippen LogP contribution < -0.4 is 0 Å². The first-order valence-electron chi connectivity index (χ1n) is 3.16. The van der Waals surface area contributed by atoms with Crippen LogP contribution in [-0.4, -0.2) is 40.0 Å². The lowest BCUT2D eigenvalue weighted by molar-refractivity contribution is -0.125. The monoisotopic (exact) mass is 160 g/mol. The van der Waals surface area contributed by atoms with Crippen molar-refractivity contribution in [2.24, 2.45) is 0 Å². The molecule has 1 saturated heterocycles. The first-order valence-corrected chi connectivity index (χ1v) is 4.65. The molecule has 0 bridgehead atoms. The van der Waals surface area contributed by atoms with Crippen LogP contribution >= 0.6 is 0 Å². The maximum atomic E-state index is 10.8. The van der Waals surface area contributed by atoms with Gasteiger partial charge in [0.2, 0.25) is 5.91 Å². The molecule has 1 aliphatic rings. The minimum atomic E-state index is -0.699. The molecular formula is C6H10NO2S. The number of nitrogens with zero attached hydrogens (tertiary/aromatic N) is 1. The van der Waals surface area contributed by atoms with Crippen molar-refractivity contribution in [1.29, 1.82) is 0 Å². The fourth-order valence-corrected chi connectivity index (χ4v) is 1.94. The lowest BCUT2D eigenvalue weighted by atomic mass is 10.5. The third-order valence-electron chi connectivity index (χ3n) is 1.53. The Morgan fingerprint density at radius 2 is 2.00 bits per heavy atom. The largest absolute Gasteiger partial charge is 0.616 e. The Hall–Kier alpha value is -0.220. The Bertz CT molecular complexity index is 132. The van der Waals surface area contributed by atoms with Crippen molar-refractivity contribution in [3.05, 3.63) is 6.92 Å². The van der Waals surface area contributed by atoms with Gasteiger partial charge in [0, 0.05) is 6.92 Å². The minimum absolute atomic E-state index is 0.156. The van der Waals surface area contributed by atoms with E-state index in [9.17, 15) is 9.35 Å². The zero-order chi connectivity index (χ0) is 7.56. The zero-order valence-corrected chi connectivity index (χ0v) is 6.52. The van der Waals surface area contributed by atoms with Crippen LogP contribution in [0.4, 0.5) is 0 Å². The Kier molecular flexibility index (Phi) is 2.56. The summed E-state index contributed by atoms with van der Waals surface area (Å²) in [6.45, 7) is 4.49. The van der Waals surface area contributed by atoms with E-state index in [1.165, 1.54) is 0 Å². The van der Waals surface area contributed by atoms with Crippen LogP contribution in [0.3, 0.4) is 0 Å². The molecule has 4 heteroatoms. The second-order valence-electron chi connectivity index (χ2n) is 2.23. The van der Waals surface area contributed by atoms with Gasteiger partial charge in [-0.3, -0.25) is 4.79 Å². The molecular weight excluding hydrogens is 150 g/mol. The maximum Gasteiger partial charge on any atom is 0.223 e. The quantitative estimate of drug-likeness (QED) is 0.445. The van der Waals surface area contributed by atoms with Crippen LogP contribution in [0, 0.1) is 6.92 Å². The van der Waals surface area contributed by atoms with Gasteiger partial charge in [0.05, 0.1) is 13.1 Å². The molecule has 0 aromatic rings. The molecule has 57 valence electrons. The van der Waals surface area contributed by atoms with Gasteiger partial charge in [-0.05, 0) is 0 Å². The highest BCUT2D eigenvalue weighted by atomic mass is 32.2. The van der Waals surface area contributed by atoms with Gasteiger partial charge in [0.25, 0.3) is 0 Å². The number of carbonyl (C=O) groups excluding carboxylic acids is 1. The average molecular weight is 160 g/mol. The van der Waals surface area contributed by atoms with Gasteiger partial charge < -0.3 is 9.45 Å². The normalized spacial score (nSPS) is 21.2. The standard InChI is InChI=1S/C6H10NO2S/c1-6(8)7-2-4-10(9)5-3-7/h1-5H2. The fraction of sp³-hybridized carbons (Fsp3) is 0.667. The molecule has 0 N–H and O–H groups in total. The van der Waals surface area contributed by atoms with Crippen LogP contribution in [0.25, 0.3) is 0 Å². The molecule has 0 aromatic carbocycles. The van der Waals surface area contributed by atoms with E-state index in [0.29, 0.717) is 24.6 Å². The number of rotatable bonds is 0. The van der Waals surface area contributed by atoms with E-state index in [2.05, 4.69) is 6.92 Å². The molecule has 1 amide bonds. The van der Waals surface area contributed by atoms with Crippen molar-refractivity contribution < 1.29 is 9.35 Å². The molecule has 1 fully saturated rings. The number of hydrogen-bond donors (Lipinski definition) is 0. The van der Waals surface area contributed by atoms with Crippen molar-refractivity contribution in [2.75, 3.05) is 24.6 Å². The molecule has 1 radical (unpaired) electrons. The Morgan fingerprint density at radius 1 is 1.50 bits per heavy atom. The van der Waals surface area contributed by atoms with Crippen molar-refractivity contribution >= 4 is 17.1 Å². The van der Waals surface area contributed by atoms with Crippen LogP contribution in [0.2, 0.25) is 0 Å². The van der Waals surface area contributed by atoms with Gasteiger partial charge in [-0.15, -0.1) is 0 Å². The third-order valence-corrected chi connectivity index (χ3v) is 2.81. The molecule has 0 atom stereocenters. The molecule has 10 heavy (non-hydrogen) atoms. The van der Waals surface area contributed by atoms with E-state index in [1.54, 1.807) is 4.90 Å². The number of hydrogen-bond acceptors (Lipinski definition) is 2. The van der Waals surface area contributed by atoms with Gasteiger partial charge in [0.15, 0.2) is 0 Å². The number of amides is 1. The van der Waals surface area contributed by atoms with E-state index >= 15 is 0 Å². The smallest absolute Gasteiger partial charge is 0.223 e. The first-order chi connectivity index (χ1) is 4.70. The van der Waals surface area contributed by atoms with E-state index in [-0.39, 0.29) is 5.91 Å². The summed E-state index contributed by atoms with van der Waals surface area (Å²) < 4.78 is 10.8. The zero-order valence-electron chi connectivity index (χ0n) is 5.71. The molecule has 1 aliphatic heterocycles. The Morgan fingerprint density at radius 3 is 2.40 bits per heavy atom. The molecule has 0 unspecified atom stereocenters. The van der Waals surface area contributed by atoms with Gasteiger partial charge in [-0.25, -0.2) is 0 Å². The summed E-state index contributed by atoms with van der Waals surface area (Å²) in [6, 6.07) is 0. The van der Waals surface area contributed by atoms with Crippen molar-refractivity contribution in [3.8, 4) is 0 Å². The summed E-state index contributed by atoms with van der Waals surface area (Å²) in [5, 5.41) is 0. The summed E-state index contributed by atoms with van der Waals surface area (Å²) in [5.41, 5.74) is 0. The van der Waals surface area contributed by atoms with E-state index in [0.717, 1.165) is 0 Å². The lowest BCUT2D eigenvalue weighted by Gasteiger charge is -2.26. The Balaban J connectivity index is 2.33. The van der Waals surface area contributed by atoms with Gasteiger partial charge >= 0.3 is 0 Å². The van der Waals surface area contributed by atoms with Gasteiger partial charge in [-0.2, -0.15) is 0 Å². The minimum Gasteiger partial charge on any atom is -0.616 e. The van der Waals surface area contributed by atoms with Crippen LogP contribution in [0.1, 0.15) is 0 Å². The summed E-state index contributed by atoms with van der Waals surface area (Å²) in [5.74, 6) is 1.07. The van der Waals surface area contributed by atoms with E-state index in [4.69, 9.17) is 0 Å². The summed E-state index contributed by atoms with van der Waals surface area (Å²) in [6.07, 6.45) is 0. The van der Waals surface area contributed by atoms with Gasteiger partial charge in [0.1, 0.15) is 11.5 Å². The van der Waals surface area contributed by atoms with Crippen molar-refractivity contribution in [1.82, 2.24) is 4.90 Å². The number of carbonyl (C=O) groups is 1. The predicted octanol–water partition coefficient (Wildman–Crippen LogP) is -0.589. The van der Waals surface area contributed by atoms with Crippen molar-refractivity contribution in [2.45, 2.75) is 0 Å². The van der Waals surface area contributed by atoms with E-state index < -0.39 is 11.2 Å². The SMILES string of the molecule is [CH2]C(=O)N1CC[S+]([O-])CC1. The topological polar surface area (TPSA) is 43.4 Å². The highest BCUT2D eigenvalue weighted by molar-refractivity contribution is 7.91. The maximum absolute atomic E-state index is 10.8. The highest BCUT2D eigenvalue weighted by Gasteiger charge is 2.20. The average Bonchev–Trinajstić information content (AvgIpc) is 1.88.